The first-order chi connectivity index (χ1) is 9.13. The number of fused-ring (bicyclic) bond motifs is 1. The quantitative estimate of drug-likeness (QED) is 0.707. The molecule has 0 aliphatic heterocycles. The van der Waals surface area contributed by atoms with Gasteiger partial charge in [0.05, 0.1) is 17.6 Å². The zero-order valence-electron chi connectivity index (χ0n) is 10.6. The van der Waals surface area contributed by atoms with E-state index in [2.05, 4.69) is 10.1 Å². The SMILES string of the molecule is Cc1cn2nc(C)cc(Oc3ccccc3F)c2n1. The van der Waals surface area contributed by atoms with Crippen molar-refractivity contribution in [1.29, 1.82) is 0 Å². The van der Waals surface area contributed by atoms with Crippen LogP contribution in [-0.2, 0) is 0 Å². The maximum Gasteiger partial charge on any atom is 0.197 e. The van der Waals surface area contributed by atoms with Gasteiger partial charge in [-0.25, -0.2) is 13.9 Å². The van der Waals surface area contributed by atoms with Crippen molar-refractivity contribution >= 4 is 5.65 Å². The fraction of sp³-hybridized carbons (Fsp3) is 0.143. The number of para-hydroxylation sites is 1. The molecule has 2 aromatic heterocycles. The number of ether oxygens (including phenoxy) is 1. The topological polar surface area (TPSA) is 39.4 Å². The van der Waals surface area contributed by atoms with Crippen LogP contribution in [0.5, 0.6) is 11.5 Å². The van der Waals surface area contributed by atoms with Gasteiger partial charge in [0, 0.05) is 6.07 Å². The molecule has 2 heterocycles. The van der Waals surface area contributed by atoms with Crippen molar-refractivity contribution in [2.24, 2.45) is 0 Å². The van der Waals surface area contributed by atoms with Crippen LogP contribution < -0.4 is 4.74 Å². The Balaban J connectivity index is 2.12. The number of hydrogen-bond acceptors (Lipinski definition) is 3. The maximum absolute atomic E-state index is 13.6. The summed E-state index contributed by atoms with van der Waals surface area (Å²) in [5, 5.41) is 4.30. The van der Waals surface area contributed by atoms with E-state index in [1.54, 1.807) is 35.0 Å². The Labute approximate surface area is 109 Å². The summed E-state index contributed by atoms with van der Waals surface area (Å²) >= 11 is 0. The van der Waals surface area contributed by atoms with Gasteiger partial charge in [-0.05, 0) is 26.0 Å². The van der Waals surface area contributed by atoms with E-state index in [0.717, 1.165) is 11.4 Å². The third kappa shape index (κ3) is 2.14. The van der Waals surface area contributed by atoms with E-state index in [1.165, 1.54) is 6.07 Å². The third-order valence-electron chi connectivity index (χ3n) is 2.69. The average molecular weight is 257 g/mol. The van der Waals surface area contributed by atoms with Crippen molar-refractivity contribution < 1.29 is 9.13 Å². The number of hydrogen-bond donors (Lipinski definition) is 0. The Hall–Kier alpha value is -2.43. The second kappa shape index (κ2) is 4.35. The fourth-order valence-corrected chi connectivity index (χ4v) is 1.90. The first kappa shape index (κ1) is 11.6. The smallest absolute Gasteiger partial charge is 0.197 e. The number of nitrogens with zero attached hydrogens (tertiary/aromatic N) is 3. The molecule has 1 aromatic carbocycles. The van der Waals surface area contributed by atoms with Gasteiger partial charge < -0.3 is 4.74 Å². The molecule has 0 fully saturated rings. The Morgan fingerprint density at radius 3 is 2.68 bits per heavy atom. The second-order valence-electron chi connectivity index (χ2n) is 4.33. The Morgan fingerprint density at radius 2 is 1.89 bits per heavy atom. The molecule has 3 aromatic rings. The van der Waals surface area contributed by atoms with Crippen LogP contribution in [0.1, 0.15) is 11.4 Å². The van der Waals surface area contributed by atoms with Gasteiger partial charge in [0.15, 0.2) is 23.0 Å². The van der Waals surface area contributed by atoms with Gasteiger partial charge in [0.2, 0.25) is 0 Å². The number of benzene rings is 1. The molecule has 0 bridgehead atoms. The summed E-state index contributed by atoms with van der Waals surface area (Å²) in [6.07, 6.45) is 1.80. The lowest BCUT2D eigenvalue weighted by molar-refractivity contribution is 0.442. The highest BCUT2D eigenvalue weighted by Crippen LogP contribution is 2.27. The summed E-state index contributed by atoms with van der Waals surface area (Å²) in [7, 11) is 0. The van der Waals surface area contributed by atoms with Crippen molar-refractivity contribution in [3.05, 3.63) is 53.7 Å². The van der Waals surface area contributed by atoms with E-state index in [0.29, 0.717) is 11.4 Å². The van der Waals surface area contributed by atoms with Crippen molar-refractivity contribution in [1.82, 2.24) is 14.6 Å². The number of aryl methyl sites for hydroxylation is 2. The van der Waals surface area contributed by atoms with E-state index < -0.39 is 5.82 Å². The van der Waals surface area contributed by atoms with Gasteiger partial charge in [-0.1, -0.05) is 12.1 Å². The Bertz CT molecular complexity index is 752. The molecule has 0 saturated carbocycles. The van der Waals surface area contributed by atoms with Crippen molar-refractivity contribution in [2.75, 3.05) is 0 Å². The molecule has 0 saturated heterocycles. The number of imidazole rings is 1. The van der Waals surface area contributed by atoms with Crippen LogP contribution in [0.2, 0.25) is 0 Å². The molecule has 0 N–H and O–H groups in total. The largest absolute Gasteiger partial charge is 0.450 e. The lowest BCUT2D eigenvalue weighted by atomic mass is 10.3. The van der Waals surface area contributed by atoms with Crippen molar-refractivity contribution in [3.63, 3.8) is 0 Å². The maximum atomic E-state index is 13.6. The first-order valence-corrected chi connectivity index (χ1v) is 5.89. The van der Waals surface area contributed by atoms with E-state index in [-0.39, 0.29) is 5.75 Å². The van der Waals surface area contributed by atoms with Gasteiger partial charge in [-0.15, -0.1) is 0 Å². The zero-order chi connectivity index (χ0) is 13.4. The summed E-state index contributed by atoms with van der Waals surface area (Å²) < 4.78 is 20.9. The third-order valence-corrected chi connectivity index (χ3v) is 2.69. The number of aromatic nitrogens is 3. The van der Waals surface area contributed by atoms with E-state index in [4.69, 9.17) is 4.74 Å². The Morgan fingerprint density at radius 1 is 1.11 bits per heavy atom. The van der Waals surface area contributed by atoms with Gasteiger partial charge in [0.1, 0.15) is 0 Å². The molecular weight excluding hydrogens is 245 g/mol. The van der Waals surface area contributed by atoms with Gasteiger partial charge in [-0.2, -0.15) is 5.10 Å². The summed E-state index contributed by atoms with van der Waals surface area (Å²) in [5.41, 5.74) is 2.18. The van der Waals surface area contributed by atoms with E-state index in [9.17, 15) is 4.39 Å². The highest BCUT2D eigenvalue weighted by molar-refractivity contribution is 5.55. The van der Waals surface area contributed by atoms with Crippen LogP contribution in [0.4, 0.5) is 4.39 Å². The molecule has 0 atom stereocenters. The Kier molecular flexibility index (Phi) is 2.67. The minimum atomic E-state index is -0.404. The molecule has 19 heavy (non-hydrogen) atoms. The minimum absolute atomic E-state index is 0.177. The van der Waals surface area contributed by atoms with Crippen LogP contribution in [0.15, 0.2) is 36.5 Å². The molecule has 4 nitrogen and oxygen atoms in total. The molecule has 0 amide bonds. The van der Waals surface area contributed by atoms with Crippen LogP contribution in [0.25, 0.3) is 5.65 Å². The average Bonchev–Trinajstić information content (AvgIpc) is 2.72. The van der Waals surface area contributed by atoms with Gasteiger partial charge >= 0.3 is 0 Å². The van der Waals surface area contributed by atoms with Crippen LogP contribution >= 0.6 is 0 Å². The highest BCUT2D eigenvalue weighted by Gasteiger charge is 2.11. The molecule has 0 aliphatic rings. The van der Waals surface area contributed by atoms with E-state index in [1.807, 2.05) is 13.8 Å². The molecule has 5 heteroatoms. The van der Waals surface area contributed by atoms with Crippen LogP contribution in [-0.4, -0.2) is 14.6 Å². The first-order valence-electron chi connectivity index (χ1n) is 5.89. The second-order valence-corrected chi connectivity index (χ2v) is 4.33. The summed E-state index contributed by atoms with van der Waals surface area (Å²) in [5.74, 6) is 0.264. The molecule has 0 unspecified atom stereocenters. The minimum Gasteiger partial charge on any atom is -0.450 e. The van der Waals surface area contributed by atoms with Crippen molar-refractivity contribution in [2.45, 2.75) is 13.8 Å². The summed E-state index contributed by atoms with van der Waals surface area (Å²) in [6.45, 7) is 3.72. The van der Waals surface area contributed by atoms with Gasteiger partial charge in [-0.3, -0.25) is 0 Å². The van der Waals surface area contributed by atoms with Crippen molar-refractivity contribution in [3.8, 4) is 11.5 Å². The zero-order valence-corrected chi connectivity index (χ0v) is 10.6. The molecule has 96 valence electrons. The number of rotatable bonds is 2. The molecule has 0 radical (unpaired) electrons. The molecular formula is C14H12FN3O. The van der Waals surface area contributed by atoms with Gasteiger partial charge in [0.25, 0.3) is 0 Å². The summed E-state index contributed by atoms with van der Waals surface area (Å²) in [6, 6.07) is 8.03. The van der Waals surface area contributed by atoms with Crippen LogP contribution in [0, 0.1) is 19.7 Å². The normalized spacial score (nSPS) is 10.9. The predicted molar refractivity (Wildman–Crippen MR) is 68.9 cm³/mol. The predicted octanol–water partition coefficient (Wildman–Crippen LogP) is 3.28. The van der Waals surface area contributed by atoms with E-state index >= 15 is 0 Å². The highest BCUT2D eigenvalue weighted by atomic mass is 19.1. The van der Waals surface area contributed by atoms with Crippen LogP contribution in [0.3, 0.4) is 0 Å². The standard InChI is InChI=1S/C14H12FN3O/c1-9-7-13(14-16-10(2)8-18(14)17-9)19-12-6-4-3-5-11(12)15/h3-8H,1-2H3. The number of halogens is 1. The monoisotopic (exact) mass is 257 g/mol. The molecule has 3 rings (SSSR count). The molecule has 0 spiro atoms. The lowest BCUT2D eigenvalue weighted by Crippen LogP contribution is -1.97. The lowest BCUT2D eigenvalue weighted by Gasteiger charge is -2.08. The fourth-order valence-electron chi connectivity index (χ4n) is 1.90. The molecule has 0 aliphatic carbocycles. The summed E-state index contributed by atoms with van der Waals surface area (Å²) in [4.78, 5) is 4.33.